The predicted octanol–water partition coefficient (Wildman–Crippen LogP) is 3.49. The lowest BCUT2D eigenvalue weighted by molar-refractivity contribution is -0.385. The van der Waals surface area contributed by atoms with Crippen molar-refractivity contribution in [2.24, 2.45) is 0 Å². The maximum absolute atomic E-state index is 10.7. The standard InChI is InChI=1S/C12H11N3O4S/c1-8-6-9(2-4-11(8)14(16)17)13-7-10-3-5-12(20-10)15(18)19/h2-6,13H,7H2,1H3. The molecule has 2 rings (SSSR count). The Bertz CT molecular complexity index is 668. The van der Waals surface area contributed by atoms with Gasteiger partial charge in [0.25, 0.3) is 5.69 Å². The van der Waals surface area contributed by atoms with Gasteiger partial charge in [-0.1, -0.05) is 11.3 Å². The van der Waals surface area contributed by atoms with E-state index in [-0.39, 0.29) is 10.7 Å². The predicted molar refractivity (Wildman–Crippen MR) is 76.1 cm³/mol. The third-order valence-corrected chi connectivity index (χ3v) is 3.72. The largest absolute Gasteiger partial charge is 0.380 e. The molecule has 0 fully saturated rings. The Morgan fingerprint density at radius 3 is 2.45 bits per heavy atom. The summed E-state index contributed by atoms with van der Waals surface area (Å²) in [7, 11) is 0. The van der Waals surface area contributed by atoms with Gasteiger partial charge >= 0.3 is 5.00 Å². The third-order valence-electron chi connectivity index (χ3n) is 2.69. The fourth-order valence-electron chi connectivity index (χ4n) is 1.72. The van der Waals surface area contributed by atoms with Crippen LogP contribution in [0.5, 0.6) is 0 Å². The Hall–Kier alpha value is -2.48. The average molecular weight is 293 g/mol. The normalized spacial score (nSPS) is 10.2. The second-order valence-corrected chi connectivity index (χ2v) is 5.26. The third kappa shape index (κ3) is 3.09. The molecule has 2 aromatic rings. The molecule has 7 nitrogen and oxygen atoms in total. The topological polar surface area (TPSA) is 98.3 Å². The zero-order valence-electron chi connectivity index (χ0n) is 10.5. The number of nitrogens with one attached hydrogen (secondary N) is 1. The van der Waals surface area contributed by atoms with Gasteiger partial charge in [0.15, 0.2) is 0 Å². The first kappa shape index (κ1) is 13.9. The molecular weight excluding hydrogens is 282 g/mol. The van der Waals surface area contributed by atoms with Crippen LogP contribution in [0.4, 0.5) is 16.4 Å². The molecule has 8 heteroatoms. The van der Waals surface area contributed by atoms with Gasteiger partial charge in [0.2, 0.25) is 0 Å². The summed E-state index contributed by atoms with van der Waals surface area (Å²) in [6, 6.07) is 7.89. The molecule has 0 saturated carbocycles. The van der Waals surface area contributed by atoms with Crippen LogP contribution in [0.2, 0.25) is 0 Å². The van der Waals surface area contributed by atoms with Gasteiger partial charge in [0.1, 0.15) is 0 Å². The molecule has 0 aliphatic carbocycles. The number of nitro groups is 2. The van der Waals surface area contributed by atoms with Crippen LogP contribution in [0.15, 0.2) is 30.3 Å². The first-order chi connectivity index (χ1) is 9.47. The minimum absolute atomic E-state index is 0.0716. The van der Waals surface area contributed by atoms with Gasteiger partial charge in [0.05, 0.1) is 9.85 Å². The van der Waals surface area contributed by atoms with E-state index in [9.17, 15) is 20.2 Å². The molecule has 0 spiro atoms. The van der Waals surface area contributed by atoms with Gasteiger partial charge in [-0.3, -0.25) is 20.2 Å². The van der Waals surface area contributed by atoms with Gasteiger partial charge in [-0.05, 0) is 25.1 Å². The number of nitro benzene ring substituents is 1. The highest BCUT2D eigenvalue weighted by molar-refractivity contribution is 7.15. The van der Waals surface area contributed by atoms with Crippen molar-refractivity contribution < 1.29 is 9.85 Å². The van der Waals surface area contributed by atoms with Crippen molar-refractivity contribution in [3.8, 4) is 0 Å². The number of hydrogen-bond donors (Lipinski definition) is 1. The van der Waals surface area contributed by atoms with Crippen molar-refractivity contribution in [2.45, 2.75) is 13.5 Å². The molecule has 0 amide bonds. The minimum Gasteiger partial charge on any atom is -0.380 e. The molecule has 20 heavy (non-hydrogen) atoms. The van der Waals surface area contributed by atoms with E-state index in [4.69, 9.17) is 0 Å². The fourth-order valence-corrected chi connectivity index (χ4v) is 2.48. The Morgan fingerprint density at radius 2 is 1.90 bits per heavy atom. The summed E-state index contributed by atoms with van der Waals surface area (Å²) < 4.78 is 0. The van der Waals surface area contributed by atoms with Crippen LogP contribution in [-0.2, 0) is 6.54 Å². The molecule has 1 aromatic heterocycles. The number of nitrogens with zero attached hydrogens (tertiary/aromatic N) is 2. The van der Waals surface area contributed by atoms with Crippen molar-refractivity contribution in [3.05, 3.63) is 61.0 Å². The summed E-state index contributed by atoms with van der Waals surface area (Å²) in [5.41, 5.74) is 1.38. The van der Waals surface area contributed by atoms with E-state index in [1.807, 2.05) is 0 Å². The Kier molecular flexibility index (Phi) is 3.94. The fraction of sp³-hybridized carbons (Fsp3) is 0.167. The zero-order chi connectivity index (χ0) is 14.7. The first-order valence-electron chi connectivity index (χ1n) is 5.69. The second-order valence-electron chi connectivity index (χ2n) is 4.11. The maximum atomic E-state index is 10.7. The molecule has 1 aromatic carbocycles. The van der Waals surface area contributed by atoms with Gasteiger partial charge in [0, 0.05) is 34.8 Å². The Morgan fingerprint density at radius 1 is 1.15 bits per heavy atom. The zero-order valence-corrected chi connectivity index (χ0v) is 11.3. The van der Waals surface area contributed by atoms with Crippen molar-refractivity contribution in [3.63, 3.8) is 0 Å². The van der Waals surface area contributed by atoms with Crippen LogP contribution in [0, 0.1) is 27.2 Å². The van der Waals surface area contributed by atoms with Gasteiger partial charge < -0.3 is 5.32 Å². The quantitative estimate of drug-likeness (QED) is 0.672. The van der Waals surface area contributed by atoms with E-state index < -0.39 is 9.85 Å². The molecule has 1 heterocycles. The van der Waals surface area contributed by atoms with E-state index in [0.717, 1.165) is 21.9 Å². The summed E-state index contributed by atoms with van der Waals surface area (Å²) >= 11 is 1.10. The minimum atomic E-state index is -0.429. The van der Waals surface area contributed by atoms with Gasteiger partial charge in [-0.2, -0.15) is 0 Å². The van der Waals surface area contributed by atoms with Crippen molar-refractivity contribution >= 4 is 27.7 Å². The summed E-state index contributed by atoms with van der Waals surface area (Å²) in [6.45, 7) is 2.11. The lowest BCUT2D eigenvalue weighted by atomic mass is 10.2. The van der Waals surface area contributed by atoms with Crippen molar-refractivity contribution in [2.75, 3.05) is 5.32 Å². The number of rotatable bonds is 5. The SMILES string of the molecule is Cc1cc(NCc2ccc([N+](=O)[O-])s2)ccc1[N+](=O)[O-]. The summed E-state index contributed by atoms with van der Waals surface area (Å²) in [4.78, 5) is 21.2. The van der Waals surface area contributed by atoms with Crippen LogP contribution in [0.1, 0.15) is 10.4 Å². The van der Waals surface area contributed by atoms with Crippen LogP contribution in [0.25, 0.3) is 0 Å². The van der Waals surface area contributed by atoms with Crippen molar-refractivity contribution in [1.82, 2.24) is 0 Å². The number of benzene rings is 1. The molecule has 0 unspecified atom stereocenters. The van der Waals surface area contributed by atoms with Crippen LogP contribution < -0.4 is 5.32 Å². The molecule has 0 aliphatic rings. The molecule has 1 N–H and O–H groups in total. The Labute approximate surface area is 118 Å². The highest BCUT2D eigenvalue weighted by atomic mass is 32.1. The van der Waals surface area contributed by atoms with Crippen LogP contribution in [-0.4, -0.2) is 9.85 Å². The van der Waals surface area contributed by atoms with E-state index >= 15 is 0 Å². The summed E-state index contributed by atoms with van der Waals surface area (Å²) in [5.74, 6) is 0. The van der Waals surface area contributed by atoms with Crippen molar-refractivity contribution in [1.29, 1.82) is 0 Å². The number of anilines is 1. The van der Waals surface area contributed by atoms with E-state index in [2.05, 4.69) is 5.32 Å². The van der Waals surface area contributed by atoms with Gasteiger partial charge in [-0.15, -0.1) is 0 Å². The summed E-state index contributed by atoms with van der Waals surface area (Å²) in [6.07, 6.45) is 0. The monoisotopic (exact) mass is 293 g/mol. The molecule has 104 valence electrons. The lowest BCUT2D eigenvalue weighted by Crippen LogP contribution is -1.99. The molecule has 0 atom stereocenters. The highest BCUT2D eigenvalue weighted by Gasteiger charge is 2.11. The summed E-state index contributed by atoms with van der Waals surface area (Å²) in [5, 5.41) is 24.5. The average Bonchev–Trinajstić information content (AvgIpc) is 2.85. The molecule has 0 aliphatic heterocycles. The van der Waals surface area contributed by atoms with Crippen LogP contribution >= 0.6 is 11.3 Å². The highest BCUT2D eigenvalue weighted by Crippen LogP contribution is 2.26. The van der Waals surface area contributed by atoms with Crippen LogP contribution in [0.3, 0.4) is 0 Å². The second kappa shape index (κ2) is 5.66. The molecule has 0 radical (unpaired) electrons. The first-order valence-corrected chi connectivity index (χ1v) is 6.51. The molecule has 0 saturated heterocycles. The smallest absolute Gasteiger partial charge is 0.324 e. The number of hydrogen-bond acceptors (Lipinski definition) is 6. The number of thiophene rings is 1. The van der Waals surface area contributed by atoms with E-state index in [1.165, 1.54) is 12.1 Å². The van der Waals surface area contributed by atoms with E-state index in [0.29, 0.717) is 12.1 Å². The number of aryl methyl sites for hydroxylation is 1. The lowest BCUT2D eigenvalue weighted by Gasteiger charge is -2.05. The maximum Gasteiger partial charge on any atom is 0.324 e. The Balaban J connectivity index is 2.05. The molecular formula is C12H11N3O4S. The van der Waals surface area contributed by atoms with Gasteiger partial charge in [-0.25, -0.2) is 0 Å². The molecule has 0 bridgehead atoms. The van der Waals surface area contributed by atoms with E-state index in [1.54, 1.807) is 25.1 Å².